The Balaban J connectivity index is 1.47. The molecule has 4 heterocycles. The summed E-state index contributed by atoms with van der Waals surface area (Å²) in [4.78, 5) is 21.9. The van der Waals surface area contributed by atoms with Crippen LogP contribution in [0.1, 0.15) is 38.5 Å². The summed E-state index contributed by atoms with van der Waals surface area (Å²) < 4.78 is 5.46. The van der Waals surface area contributed by atoms with Gasteiger partial charge >= 0.3 is 0 Å². The van der Waals surface area contributed by atoms with Gasteiger partial charge in [0.05, 0.1) is 11.4 Å². The number of nitrogens with zero attached hydrogens (tertiary/aromatic N) is 4. The minimum Gasteiger partial charge on any atom is -0.338 e. The van der Waals surface area contributed by atoms with E-state index in [9.17, 15) is 4.79 Å². The van der Waals surface area contributed by atoms with Crippen molar-refractivity contribution in [3.8, 4) is 10.7 Å². The highest BCUT2D eigenvalue weighted by Gasteiger charge is 2.39. The van der Waals surface area contributed by atoms with E-state index in [1.54, 1.807) is 18.3 Å². The number of amides is 1. The normalized spacial score (nSPS) is 24.8. The molecule has 0 aliphatic carbocycles. The van der Waals surface area contributed by atoms with Gasteiger partial charge in [0.15, 0.2) is 0 Å². The maximum atomic E-state index is 11.9. The molecule has 0 saturated carbocycles. The van der Waals surface area contributed by atoms with Gasteiger partial charge in [-0.05, 0) is 43.7 Å². The Labute approximate surface area is 145 Å². The number of carbonyl (C=O) groups excluding carboxylic acids is 1. The van der Waals surface area contributed by atoms with Crippen LogP contribution in [-0.2, 0) is 11.3 Å². The van der Waals surface area contributed by atoms with Crippen LogP contribution in [0, 0.1) is 0 Å². The number of likely N-dealkylation sites (tertiary alicyclic amines) is 2. The summed E-state index contributed by atoms with van der Waals surface area (Å²) in [6, 6.07) is 4.74. The summed E-state index contributed by atoms with van der Waals surface area (Å²) in [5.74, 6) is 1.53. The standard InChI is InChI=1S/C17H22N4O2S/c1-12(22)21-9-3-6-14(21)13-5-2-8-20(13)11-16-18-17(19-23-16)15-7-4-10-24-15/h4,7,10,13-14H,2-3,5-6,8-9,11H2,1H3/t13-,14-/m1/s1. The van der Waals surface area contributed by atoms with Gasteiger partial charge < -0.3 is 9.42 Å². The van der Waals surface area contributed by atoms with Gasteiger partial charge in [-0.15, -0.1) is 11.3 Å². The second-order valence-electron chi connectivity index (χ2n) is 6.59. The molecule has 7 heteroatoms. The molecule has 2 aromatic heterocycles. The lowest BCUT2D eigenvalue weighted by Crippen LogP contribution is -2.47. The molecule has 0 aromatic carbocycles. The van der Waals surface area contributed by atoms with Gasteiger partial charge in [0, 0.05) is 25.6 Å². The fraction of sp³-hybridized carbons (Fsp3) is 0.588. The number of carbonyl (C=O) groups is 1. The summed E-state index contributed by atoms with van der Waals surface area (Å²) in [5.41, 5.74) is 0. The molecular weight excluding hydrogens is 324 g/mol. The molecule has 0 radical (unpaired) electrons. The predicted molar refractivity (Wildman–Crippen MR) is 91.5 cm³/mol. The number of thiophene rings is 1. The van der Waals surface area contributed by atoms with Crippen LogP contribution in [0.15, 0.2) is 22.0 Å². The van der Waals surface area contributed by atoms with Gasteiger partial charge in [0.25, 0.3) is 0 Å². The molecule has 1 amide bonds. The smallest absolute Gasteiger partial charge is 0.241 e. The van der Waals surface area contributed by atoms with Crippen LogP contribution in [0.25, 0.3) is 10.7 Å². The molecule has 0 N–H and O–H groups in total. The quantitative estimate of drug-likeness (QED) is 0.852. The summed E-state index contributed by atoms with van der Waals surface area (Å²) >= 11 is 1.61. The van der Waals surface area contributed by atoms with Crippen LogP contribution in [-0.4, -0.2) is 51.0 Å². The Morgan fingerprint density at radius 1 is 1.33 bits per heavy atom. The van der Waals surface area contributed by atoms with Crippen molar-refractivity contribution < 1.29 is 9.32 Å². The molecule has 2 aliphatic rings. The summed E-state index contributed by atoms with van der Waals surface area (Å²) in [6.45, 7) is 4.28. The molecule has 4 rings (SSSR count). The average Bonchev–Trinajstić information content (AvgIpc) is 3.35. The monoisotopic (exact) mass is 346 g/mol. The summed E-state index contributed by atoms with van der Waals surface area (Å²) in [6.07, 6.45) is 4.52. The Bertz CT molecular complexity index is 699. The maximum Gasteiger partial charge on any atom is 0.241 e. The highest BCUT2D eigenvalue weighted by Crippen LogP contribution is 2.31. The zero-order chi connectivity index (χ0) is 16.5. The molecule has 6 nitrogen and oxygen atoms in total. The van der Waals surface area contributed by atoms with E-state index in [2.05, 4.69) is 15.0 Å². The lowest BCUT2D eigenvalue weighted by molar-refractivity contribution is -0.130. The third kappa shape index (κ3) is 2.98. The molecule has 2 saturated heterocycles. The van der Waals surface area contributed by atoms with E-state index < -0.39 is 0 Å². The number of hydrogen-bond donors (Lipinski definition) is 0. The molecular formula is C17H22N4O2S. The molecule has 0 bridgehead atoms. The van der Waals surface area contributed by atoms with Crippen molar-refractivity contribution in [3.05, 3.63) is 23.4 Å². The van der Waals surface area contributed by atoms with E-state index in [4.69, 9.17) is 4.52 Å². The van der Waals surface area contributed by atoms with E-state index in [0.717, 1.165) is 37.2 Å². The first kappa shape index (κ1) is 15.8. The lowest BCUT2D eigenvalue weighted by Gasteiger charge is -2.33. The Hall–Kier alpha value is -1.73. The van der Waals surface area contributed by atoms with Gasteiger partial charge in [-0.25, -0.2) is 0 Å². The topological polar surface area (TPSA) is 62.5 Å². The minimum atomic E-state index is 0.196. The van der Waals surface area contributed by atoms with Gasteiger partial charge in [-0.1, -0.05) is 11.2 Å². The molecule has 128 valence electrons. The number of aromatic nitrogens is 2. The number of rotatable bonds is 4. The second kappa shape index (κ2) is 6.64. The van der Waals surface area contributed by atoms with Crippen LogP contribution in [0.4, 0.5) is 0 Å². The maximum absolute atomic E-state index is 11.9. The van der Waals surface area contributed by atoms with Gasteiger partial charge in [-0.3, -0.25) is 9.69 Å². The Morgan fingerprint density at radius 3 is 2.96 bits per heavy atom. The first-order valence-corrected chi connectivity index (χ1v) is 9.48. The molecule has 24 heavy (non-hydrogen) atoms. The second-order valence-corrected chi connectivity index (χ2v) is 7.54. The van der Waals surface area contributed by atoms with E-state index in [1.165, 1.54) is 6.42 Å². The van der Waals surface area contributed by atoms with E-state index >= 15 is 0 Å². The third-order valence-corrected chi connectivity index (χ3v) is 5.98. The van der Waals surface area contributed by atoms with Gasteiger partial charge in [0.2, 0.25) is 17.6 Å². The van der Waals surface area contributed by atoms with Crippen molar-refractivity contribution in [1.82, 2.24) is 19.9 Å². The molecule has 2 aromatic rings. The summed E-state index contributed by atoms with van der Waals surface area (Å²) in [7, 11) is 0. The Morgan fingerprint density at radius 2 is 2.17 bits per heavy atom. The predicted octanol–water partition coefficient (Wildman–Crippen LogP) is 2.77. The van der Waals surface area contributed by atoms with Gasteiger partial charge in [-0.2, -0.15) is 4.98 Å². The van der Waals surface area contributed by atoms with Crippen LogP contribution in [0.2, 0.25) is 0 Å². The van der Waals surface area contributed by atoms with Crippen molar-refractivity contribution in [3.63, 3.8) is 0 Å². The first-order chi connectivity index (χ1) is 11.7. The van der Waals surface area contributed by atoms with Crippen molar-refractivity contribution in [1.29, 1.82) is 0 Å². The SMILES string of the molecule is CC(=O)N1CCC[C@@H]1[C@H]1CCCN1Cc1nc(-c2cccs2)no1. The Kier molecular flexibility index (Phi) is 4.37. The third-order valence-electron chi connectivity index (χ3n) is 5.11. The molecule has 2 atom stereocenters. The van der Waals surface area contributed by atoms with Crippen molar-refractivity contribution in [2.75, 3.05) is 13.1 Å². The largest absolute Gasteiger partial charge is 0.338 e. The fourth-order valence-electron chi connectivity index (χ4n) is 4.07. The molecule has 2 fully saturated rings. The highest BCUT2D eigenvalue weighted by molar-refractivity contribution is 7.13. The van der Waals surface area contributed by atoms with E-state index in [0.29, 0.717) is 30.3 Å². The van der Waals surface area contributed by atoms with E-state index in [1.807, 2.05) is 22.4 Å². The first-order valence-electron chi connectivity index (χ1n) is 8.60. The van der Waals surface area contributed by atoms with Crippen molar-refractivity contribution in [2.24, 2.45) is 0 Å². The lowest BCUT2D eigenvalue weighted by atomic mass is 10.0. The van der Waals surface area contributed by atoms with Crippen molar-refractivity contribution in [2.45, 2.75) is 51.2 Å². The zero-order valence-corrected chi connectivity index (χ0v) is 14.7. The minimum absolute atomic E-state index is 0.196. The van der Waals surface area contributed by atoms with Crippen molar-refractivity contribution >= 4 is 17.2 Å². The van der Waals surface area contributed by atoms with Crippen LogP contribution in [0.5, 0.6) is 0 Å². The number of hydrogen-bond acceptors (Lipinski definition) is 6. The summed E-state index contributed by atoms with van der Waals surface area (Å²) in [5, 5.41) is 6.11. The molecule has 0 unspecified atom stereocenters. The fourth-order valence-corrected chi connectivity index (χ4v) is 4.72. The molecule has 0 spiro atoms. The highest BCUT2D eigenvalue weighted by atomic mass is 32.1. The van der Waals surface area contributed by atoms with Gasteiger partial charge in [0.1, 0.15) is 0 Å². The average molecular weight is 346 g/mol. The van der Waals surface area contributed by atoms with Crippen LogP contribution >= 0.6 is 11.3 Å². The van der Waals surface area contributed by atoms with E-state index in [-0.39, 0.29) is 5.91 Å². The molecule has 2 aliphatic heterocycles. The van der Waals surface area contributed by atoms with Crippen LogP contribution < -0.4 is 0 Å². The zero-order valence-electron chi connectivity index (χ0n) is 13.9. The van der Waals surface area contributed by atoms with Crippen LogP contribution in [0.3, 0.4) is 0 Å².